The van der Waals surface area contributed by atoms with Gasteiger partial charge in [-0.15, -0.1) is 10.2 Å². The van der Waals surface area contributed by atoms with Crippen molar-refractivity contribution in [1.29, 1.82) is 0 Å². The molecule has 3 aromatic rings. The summed E-state index contributed by atoms with van der Waals surface area (Å²) in [6.45, 7) is 1.79. The Morgan fingerprint density at radius 2 is 1.77 bits per heavy atom. The van der Waals surface area contributed by atoms with Gasteiger partial charge in [-0.1, -0.05) is 18.2 Å². The van der Waals surface area contributed by atoms with Gasteiger partial charge in [-0.2, -0.15) is 5.21 Å². The number of carbonyl (C=O) groups excluding carboxylic acids is 2. The molecule has 10 nitrogen and oxygen atoms in total. The van der Waals surface area contributed by atoms with Crippen LogP contribution in [0.1, 0.15) is 15.9 Å². The van der Waals surface area contributed by atoms with Crippen LogP contribution in [0.15, 0.2) is 47.4 Å². The van der Waals surface area contributed by atoms with Crippen LogP contribution in [0.3, 0.4) is 0 Å². The van der Waals surface area contributed by atoms with Crippen molar-refractivity contribution in [3.05, 3.63) is 53.6 Å². The summed E-state index contributed by atoms with van der Waals surface area (Å²) in [5.74, 6) is 0.0945. The third-order valence-corrected chi connectivity index (χ3v) is 4.96. The fourth-order valence-electron chi connectivity index (χ4n) is 2.22. The number of hydrogen-bond acceptors (Lipinski definition) is 7. The number of nitrogens with one attached hydrogen (secondary N) is 2. The third-order valence-electron chi connectivity index (χ3n) is 3.85. The van der Waals surface area contributed by atoms with E-state index in [1.165, 1.54) is 17.0 Å². The van der Waals surface area contributed by atoms with Gasteiger partial charge in [-0.3, -0.25) is 9.59 Å². The highest BCUT2D eigenvalue weighted by Crippen LogP contribution is 2.21. The van der Waals surface area contributed by atoms with Crippen molar-refractivity contribution in [2.45, 2.75) is 11.8 Å². The zero-order chi connectivity index (χ0) is 22.3. The number of anilines is 1. The number of aromatic amines is 1. The maximum atomic E-state index is 12.4. The van der Waals surface area contributed by atoms with Crippen LogP contribution in [0.4, 0.5) is 5.69 Å². The highest BCUT2D eigenvalue weighted by atomic mass is 32.2. The Kier molecular flexibility index (Phi) is 7.37. The van der Waals surface area contributed by atoms with E-state index in [4.69, 9.17) is 0 Å². The number of rotatable bonds is 5. The predicted molar refractivity (Wildman–Crippen MR) is 112 cm³/mol. The molecular weight excluding hydrogens is 408 g/mol. The summed E-state index contributed by atoms with van der Waals surface area (Å²) >= 11 is 0. The molecule has 2 amide bonds. The molecule has 0 saturated carbocycles. The van der Waals surface area contributed by atoms with Gasteiger partial charge in [0.25, 0.3) is 5.91 Å². The Bertz CT molecular complexity index is 1110. The highest BCUT2D eigenvalue weighted by molar-refractivity contribution is 7.90. The maximum absolute atomic E-state index is 12.4. The predicted octanol–water partition coefficient (Wildman–Crippen LogP) is 1.54. The van der Waals surface area contributed by atoms with Gasteiger partial charge < -0.3 is 10.2 Å². The number of amides is 2. The summed E-state index contributed by atoms with van der Waals surface area (Å²) in [5, 5.41) is 16.3. The average Bonchev–Trinajstić information content (AvgIpc) is 3.24. The van der Waals surface area contributed by atoms with Crippen LogP contribution in [0.25, 0.3) is 11.4 Å². The molecule has 30 heavy (non-hydrogen) atoms. The smallest absolute Gasteiger partial charge is 0.255 e. The second-order valence-electron chi connectivity index (χ2n) is 6.58. The molecule has 0 aliphatic heterocycles. The van der Waals surface area contributed by atoms with E-state index in [1.807, 2.05) is 0 Å². The first kappa shape index (κ1) is 22.7. The molecule has 0 unspecified atom stereocenters. The van der Waals surface area contributed by atoms with Crippen molar-refractivity contribution < 1.29 is 18.0 Å². The van der Waals surface area contributed by atoms with E-state index >= 15 is 0 Å². The van der Waals surface area contributed by atoms with Gasteiger partial charge in [0.1, 0.15) is 0 Å². The lowest BCUT2D eigenvalue weighted by Crippen LogP contribution is -2.13. The second kappa shape index (κ2) is 9.74. The fourth-order valence-corrected chi connectivity index (χ4v) is 2.86. The standard InChI is InChI=1S/C16H15N5O3S.C3H7NO/c1-10-3-8-13(25(2,23)24)9-14(10)17-16(22)12-6-4-11(5-7-12)15-18-20-21-19-15;1-4(2)3-5/h3-9H,1-2H3,(H,17,22)(H,18,19,20,21);3H,1-2H3. The Labute approximate surface area is 174 Å². The molecule has 1 aromatic heterocycles. The molecule has 0 aliphatic carbocycles. The van der Waals surface area contributed by atoms with E-state index in [9.17, 15) is 18.0 Å². The number of H-pyrrole nitrogens is 1. The Morgan fingerprint density at radius 3 is 2.27 bits per heavy atom. The third kappa shape index (κ3) is 6.21. The van der Waals surface area contributed by atoms with Crippen LogP contribution >= 0.6 is 0 Å². The SMILES string of the molecule is CN(C)C=O.Cc1ccc(S(C)(=O)=O)cc1NC(=O)c1ccc(-c2nn[nH]n2)cc1. The Morgan fingerprint density at radius 1 is 1.13 bits per heavy atom. The monoisotopic (exact) mass is 430 g/mol. The summed E-state index contributed by atoms with van der Waals surface area (Å²) in [6.07, 6.45) is 1.87. The molecule has 11 heteroatoms. The summed E-state index contributed by atoms with van der Waals surface area (Å²) in [7, 11) is 0.0277. The van der Waals surface area contributed by atoms with Gasteiger partial charge in [0.05, 0.1) is 4.90 Å². The van der Waals surface area contributed by atoms with Crippen molar-refractivity contribution in [2.24, 2.45) is 0 Å². The molecule has 2 aromatic carbocycles. The summed E-state index contributed by atoms with van der Waals surface area (Å²) in [6, 6.07) is 11.3. The van der Waals surface area contributed by atoms with E-state index in [0.717, 1.165) is 23.8 Å². The quantitative estimate of drug-likeness (QED) is 0.585. The largest absolute Gasteiger partial charge is 0.351 e. The number of aryl methyl sites for hydroxylation is 1. The van der Waals surface area contributed by atoms with Gasteiger partial charge in [0.15, 0.2) is 9.84 Å². The van der Waals surface area contributed by atoms with Crippen molar-refractivity contribution in [3.8, 4) is 11.4 Å². The molecule has 0 fully saturated rings. The molecule has 3 rings (SSSR count). The van der Waals surface area contributed by atoms with E-state index in [0.29, 0.717) is 17.1 Å². The first-order valence-corrected chi connectivity index (χ1v) is 10.6. The van der Waals surface area contributed by atoms with Gasteiger partial charge in [0.2, 0.25) is 12.2 Å². The van der Waals surface area contributed by atoms with Crippen molar-refractivity contribution >= 4 is 27.8 Å². The number of carbonyl (C=O) groups is 2. The zero-order valence-electron chi connectivity index (χ0n) is 16.9. The number of benzene rings is 2. The van der Waals surface area contributed by atoms with Gasteiger partial charge in [-0.25, -0.2) is 8.42 Å². The van der Waals surface area contributed by atoms with Gasteiger partial charge in [-0.05, 0) is 42.0 Å². The molecule has 1 heterocycles. The van der Waals surface area contributed by atoms with Crippen molar-refractivity contribution in [2.75, 3.05) is 25.7 Å². The van der Waals surface area contributed by atoms with Crippen LogP contribution in [0, 0.1) is 6.92 Å². The first-order valence-electron chi connectivity index (χ1n) is 8.69. The van der Waals surface area contributed by atoms with Gasteiger partial charge in [0, 0.05) is 37.2 Å². The molecule has 0 atom stereocenters. The van der Waals surface area contributed by atoms with E-state index in [2.05, 4.69) is 25.9 Å². The maximum Gasteiger partial charge on any atom is 0.255 e. The molecule has 158 valence electrons. The highest BCUT2D eigenvalue weighted by Gasteiger charge is 2.13. The molecule has 0 radical (unpaired) electrons. The molecular formula is C19H22N6O4S. The molecule has 0 saturated heterocycles. The molecule has 0 bridgehead atoms. The van der Waals surface area contributed by atoms with Crippen LogP contribution < -0.4 is 5.32 Å². The minimum Gasteiger partial charge on any atom is -0.351 e. The molecule has 2 N–H and O–H groups in total. The van der Waals surface area contributed by atoms with E-state index in [-0.39, 0.29) is 10.8 Å². The number of tetrazole rings is 1. The average molecular weight is 430 g/mol. The summed E-state index contributed by atoms with van der Waals surface area (Å²) in [4.78, 5) is 23.4. The number of aromatic nitrogens is 4. The molecule has 0 spiro atoms. The second-order valence-corrected chi connectivity index (χ2v) is 8.60. The van der Waals surface area contributed by atoms with Crippen molar-refractivity contribution in [3.63, 3.8) is 0 Å². The first-order chi connectivity index (χ1) is 14.1. The number of hydrogen-bond donors (Lipinski definition) is 2. The van der Waals surface area contributed by atoms with Crippen LogP contribution in [0.5, 0.6) is 0 Å². The van der Waals surface area contributed by atoms with Crippen molar-refractivity contribution in [1.82, 2.24) is 25.5 Å². The molecule has 0 aliphatic rings. The number of sulfone groups is 1. The zero-order valence-corrected chi connectivity index (χ0v) is 17.8. The lowest BCUT2D eigenvalue weighted by Gasteiger charge is -2.10. The fraction of sp³-hybridized carbons (Fsp3) is 0.211. The number of nitrogens with zero attached hydrogens (tertiary/aromatic N) is 4. The van der Waals surface area contributed by atoms with E-state index < -0.39 is 9.84 Å². The lowest BCUT2D eigenvalue weighted by atomic mass is 10.1. The van der Waals surface area contributed by atoms with E-state index in [1.54, 1.807) is 51.4 Å². The van der Waals surface area contributed by atoms with Crippen LogP contribution in [-0.4, -0.2) is 66.6 Å². The Balaban J connectivity index is 0.000000575. The summed E-state index contributed by atoms with van der Waals surface area (Å²) in [5.41, 5.74) is 2.37. The minimum absolute atomic E-state index is 0.154. The van der Waals surface area contributed by atoms with Gasteiger partial charge >= 0.3 is 0 Å². The van der Waals surface area contributed by atoms with Crippen LogP contribution in [-0.2, 0) is 14.6 Å². The minimum atomic E-state index is -3.35. The lowest BCUT2D eigenvalue weighted by molar-refractivity contribution is -0.115. The van der Waals surface area contributed by atoms with Crippen LogP contribution in [0.2, 0.25) is 0 Å². The topological polar surface area (TPSA) is 138 Å². The normalized spacial score (nSPS) is 10.5. The summed E-state index contributed by atoms with van der Waals surface area (Å²) < 4.78 is 23.3. The Hall–Kier alpha value is -3.60.